The Morgan fingerprint density at radius 1 is 1.11 bits per heavy atom. The molecule has 0 aliphatic carbocycles. The molecule has 0 fully saturated rings. The number of ether oxygens (including phenoxy) is 1. The molecule has 3 aromatic rings. The normalized spacial score (nSPS) is 11.5. The Hall–Kier alpha value is -4.28. The molecule has 0 atom stereocenters. The van der Waals surface area contributed by atoms with Crippen molar-refractivity contribution >= 4 is 75.6 Å². The first-order valence-electron chi connectivity index (χ1n) is 12.0. The summed E-state index contributed by atoms with van der Waals surface area (Å²) < 4.78 is 58.2. The van der Waals surface area contributed by atoms with Crippen molar-refractivity contribution in [2.24, 2.45) is 4.99 Å². The third-order valence-electron chi connectivity index (χ3n) is 5.50. The van der Waals surface area contributed by atoms with E-state index in [-0.39, 0.29) is 32.1 Å². The van der Waals surface area contributed by atoms with Gasteiger partial charge in [-0.1, -0.05) is 34.8 Å². The molecule has 2 heterocycles. The lowest BCUT2D eigenvalue weighted by molar-refractivity contribution is -0.110. The van der Waals surface area contributed by atoms with Gasteiger partial charge in [0.05, 0.1) is 35.0 Å². The molecule has 0 aliphatic heterocycles. The molecule has 0 saturated carbocycles. The van der Waals surface area contributed by atoms with Crippen LogP contribution >= 0.6 is 34.8 Å². The van der Waals surface area contributed by atoms with E-state index in [1.54, 1.807) is 0 Å². The fourth-order valence-electron chi connectivity index (χ4n) is 3.52. The topological polar surface area (TPSA) is 155 Å². The smallest absolute Gasteiger partial charge is 0.428 e. The predicted molar refractivity (Wildman–Crippen MR) is 154 cm³/mol. The van der Waals surface area contributed by atoms with E-state index >= 15 is 0 Å². The Labute approximate surface area is 261 Å². The Kier molecular flexibility index (Phi) is 11.6. The van der Waals surface area contributed by atoms with Gasteiger partial charge in [-0.25, -0.2) is 37.3 Å². The van der Waals surface area contributed by atoms with Crippen LogP contribution in [0.4, 0.5) is 33.9 Å². The molecule has 0 aliphatic rings. The van der Waals surface area contributed by atoms with Gasteiger partial charge in [0.25, 0.3) is 24.7 Å². The number of hydrazine groups is 1. The molecule has 3 rings (SSSR count). The SMILES string of the molecule is COC(=O)N(C)NC(=O)c1cc(Cl)cc(Cl)c1NC(=O)C(CC(=N)Cn1nc(C(F)F)cc1C(F)F)=Nc1ncccc1Cl. The van der Waals surface area contributed by atoms with Crippen molar-refractivity contribution < 1.29 is 36.7 Å². The molecule has 0 saturated heterocycles. The quantitative estimate of drug-likeness (QED) is 0.130. The van der Waals surface area contributed by atoms with Crippen LogP contribution in [0, 0.1) is 5.41 Å². The zero-order valence-corrected chi connectivity index (χ0v) is 24.8. The third-order valence-corrected chi connectivity index (χ3v) is 6.31. The van der Waals surface area contributed by atoms with Gasteiger partial charge >= 0.3 is 6.09 Å². The van der Waals surface area contributed by atoms with Gasteiger partial charge in [0.2, 0.25) is 0 Å². The van der Waals surface area contributed by atoms with E-state index in [1.165, 1.54) is 31.4 Å². The second kappa shape index (κ2) is 14.9. The monoisotopic (exact) mass is 678 g/mol. The summed E-state index contributed by atoms with van der Waals surface area (Å²) in [6.45, 7) is -0.705. The van der Waals surface area contributed by atoms with Gasteiger partial charge in [0.15, 0.2) is 5.82 Å². The lowest BCUT2D eigenvalue weighted by atomic mass is 10.1. The fourth-order valence-corrected chi connectivity index (χ4v) is 4.22. The van der Waals surface area contributed by atoms with Crippen molar-refractivity contribution in [2.45, 2.75) is 25.8 Å². The highest BCUT2D eigenvalue weighted by Gasteiger charge is 2.25. The van der Waals surface area contributed by atoms with Crippen molar-refractivity contribution in [1.29, 1.82) is 5.41 Å². The summed E-state index contributed by atoms with van der Waals surface area (Å²) in [5, 5.41) is 14.7. The first kappa shape index (κ1) is 34.2. The van der Waals surface area contributed by atoms with E-state index in [4.69, 9.17) is 40.2 Å². The molecule has 0 radical (unpaired) electrons. The lowest BCUT2D eigenvalue weighted by Crippen LogP contribution is -2.43. The molecule has 0 unspecified atom stereocenters. The van der Waals surface area contributed by atoms with Crippen LogP contribution in [0.15, 0.2) is 41.5 Å². The summed E-state index contributed by atoms with van der Waals surface area (Å²) >= 11 is 18.5. The molecule has 3 amide bonds. The fraction of sp³-hybridized carbons (Fsp3) is 0.240. The number of hydrogen-bond acceptors (Lipinski definition) is 8. The maximum atomic E-state index is 13.5. The lowest BCUT2D eigenvalue weighted by Gasteiger charge is -2.19. The number of aromatic nitrogens is 3. The summed E-state index contributed by atoms with van der Waals surface area (Å²) in [5.41, 5.74) is -1.05. The second-order valence-electron chi connectivity index (χ2n) is 8.64. The van der Waals surface area contributed by atoms with E-state index < -0.39 is 66.5 Å². The number of nitrogens with one attached hydrogen (secondary N) is 3. The van der Waals surface area contributed by atoms with Gasteiger partial charge in [-0.3, -0.25) is 19.7 Å². The Morgan fingerprint density at radius 2 is 1.82 bits per heavy atom. The number of carbonyl (C=O) groups is 3. The van der Waals surface area contributed by atoms with Crippen LogP contribution in [0.2, 0.25) is 15.1 Å². The summed E-state index contributed by atoms with van der Waals surface area (Å²) in [6, 6.07) is 5.76. The van der Waals surface area contributed by atoms with Crippen LogP contribution in [0.25, 0.3) is 0 Å². The maximum absolute atomic E-state index is 13.5. The van der Waals surface area contributed by atoms with E-state index in [9.17, 15) is 31.9 Å². The number of alkyl halides is 4. The summed E-state index contributed by atoms with van der Waals surface area (Å²) in [6.07, 6.45) is -6.57. The molecule has 2 aromatic heterocycles. The largest absolute Gasteiger partial charge is 0.452 e. The van der Waals surface area contributed by atoms with Crippen LogP contribution < -0.4 is 10.7 Å². The summed E-state index contributed by atoms with van der Waals surface area (Å²) in [4.78, 5) is 46.3. The first-order valence-corrected chi connectivity index (χ1v) is 13.2. The standard InChI is InChI=1S/C25H21Cl3F4N8O4/c1-39(25(43)44-2)38-23(41)13-6-11(26)7-15(28)19(13)36-24(42)17(35-22-14(27)4-3-5-34-22)8-12(33)10-40-18(21(31)32)9-16(37-40)20(29)30/h3-7,9,20-21,33H,8,10H2,1-2H3,(H,36,42)(H,38,41). The average Bonchev–Trinajstić information content (AvgIpc) is 3.38. The van der Waals surface area contributed by atoms with Gasteiger partial charge in [-0.05, 0) is 30.3 Å². The van der Waals surface area contributed by atoms with Crippen LogP contribution in [-0.2, 0) is 16.1 Å². The van der Waals surface area contributed by atoms with E-state index in [1.807, 2.05) is 0 Å². The average molecular weight is 680 g/mol. The molecule has 19 heteroatoms. The van der Waals surface area contributed by atoms with Gasteiger partial charge in [0, 0.05) is 30.4 Å². The highest BCUT2D eigenvalue weighted by molar-refractivity contribution is 6.48. The van der Waals surface area contributed by atoms with Crippen LogP contribution in [0.1, 0.15) is 41.0 Å². The molecule has 44 heavy (non-hydrogen) atoms. The number of amides is 3. The summed E-state index contributed by atoms with van der Waals surface area (Å²) in [5.74, 6) is -2.14. The maximum Gasteiger partial charge on any atom is 0.428 e. The zero-order chi connectivity index (χ0) is 32.7. The van der Waals surface area contributed by atoms with Gasteiger partial charge in [0.1, 0.15) is 17.1 Å². The van der Waals surface area contributed by atoms with Crippen LogP contribution in [0.3, 0.4) is 0 Å². The Bertz CT molecular complexity index is 1620. The molecule has 0 bridgehead atoms. The van der Waals surface area contributed by atoms with E-state index in [2.05, 4.69) is 30.6 Å². The number of aliphatic imine (C=N–C) groups is 1. The number of hydrogen-bond donors (Lipinski definition) is 3. The predicted octanol–water partition coefficient (Wildman–Crippen LogP) is 6.28. The van der Waals surface area contributed by atoms with Crippen molar-refractivity contribution in [3.8, 4) is 0 Å². The number of anilines is 1. The van der Waals surface area contributed by atoms with Gasteiger partial charge in [-0.15, -0.1) is 0 Å². The number of carbonyl (C=O) groups excluding carboxylic acids is 3. The number of benzene rings is 1. The van der Waals surface area contributed by atoms with Crippen molar-refractivity contribution in [3.05, 3.63) is 68.5 Å². The molecular formula is C25H21Cl3F4N8O4. The highest BCUT2D eigenvalue weighted by atomic mass is 35.5. The Balaban J connectivity index is 1.98. The minimum absolute atomic E-state index is 0.00738. The molecule has 0 spiro atoms. The van der Waals surface area contributed by atoms with Crippen molar-refractivity contribution in [1.82, 2.24) is 25.2 Å². The first-order chi connectivity index (χ1) is 20.7. The number of methoxy groups -OCH3 is 1. The molecule has 1 aromatic carbocycles. The Morgan fingerprint density at radius 3 is 2.43 bits per heavy atom. The number of rotatable bonds is 10. The minimum atomic E-state index is -3.18. The van der Waals surface area contributed by atoms with Crippen molar-refractivity contribution in [2.75, 3.05) is 19.5 Å². The van der Waals surface area contributed by atoms with Crippen molar-refractivity contribution in [3.63, 3.8) is 0 Å². The highest BCUT2D eigenvalue weighted by Crippen LogP contribution is 2.31. The third kappa shape index (κ3) is 8.64. The zero-order valence-electron chi connectivity index (χ0n) is 22.5. The van der Waals surface area contributed by atoms with Crippen LogP contribution in [0.5, 0.6) is 0 Å². The molecule has 12 nitrogen and oxygen atoms in total. The second-order valence-corrected chi connectivity index (χ2v) is 9.89. The molecule has 3 N–H and O–H groups in total. The number of nitrogens with zero attached hydrogens (tertiary/aromatic N) is 5. The van der Waals surface area contributed by atoms with Gasteiger partial charge in [-0.2, -0.15) is 5.10 Å². The molecular weight excluding hydrogens is 659 g/mol. The molecule has 234 valence electrons. The van der Waals surface area contributed by atoms with E-state index in [0.29, 0.717) is 15.8 Å². The van der Waals surface area contributed by atoms with Gasteiger partial charge < -0.3 is 15.5 Å². The summed E-state index contributed by atoms with van der Waals surface area (Å²) in [7, 11) is 2.27. The van der Waals surface area contributed by atoms with Crippen LogP contribution in [-0.4, -0.2) is 63.3 Å². The minimum Gasteiger partial charge on any atom is -0.452 e. The number of pyridine rings is 1. The number of halogens is 7. The van der Waals surface area contributed by atoms with E-state index in [0.717, 1.165) is 13.2 Å².